The smallest absolute Gasteiger partial charge is 0.222 e. The van der Waals surface area contributed by atoms with Crippen molar-refractivity contribution in [1.29, 1.82) is 0 Å². The monoisotopic (exact) mass is 351 g/mol. The third-order valence-electron chi connectivity index (χ3n) is 5.16. The Morgan fingerprint density at radius 3 is 2.72 bits per heavy atom. The van der Waals surface area contributed by atoms with Crippen LogP contribution in [0, 0.1) is 0 Å². The zero-order chi connectivity index (χ0) is 17.9. The Balaban J connectivity index is 1.62. The number of guanidine groups is 1. The average molecular weight is 352 g/mol. The largest absolute Gasteiger partial charge is 0.357 e. The maximum absolute atomic E-state index is 11.6. The summed E-state index contributed by atoms with van der Waals surface area (Å²) < 4.78 is 0. The molecule has 2 rings (SSSR count). The van der Waals surface area contributed by atoms with Gasteiger partial charge in [0.25, 0.3) is 0 Å². The third-order valence-corrected chi connectivity index (χ3v) is 5.16. The second-order valence-electron chi connectivity index (χ2n) is 7.38. The highest BCUT2D eigenvalue weighted by Crippen LogP contribution is 2.10. The molecule has 2 aliphatic heterocycles. The van der Waals surface area contributed by atoms with E-state index < -0.39 is 0 Å². The lowest BCUT2D eigenvalue weighted by atomic mass is 10.1. The van der Waals surface area contributed by atoms with Crippen molar-refractivity contribution >= 4 is 11.9 Å². The number of carbonyl (C=O) groups is 1. The molecule has 2 fully saturated rings. The van der Waals surface area contributed by atoms with E-state index in [1.807, 2.05) is 11.9 Å². The number of hydrogen-bond donors (Lipinski definition) is 2. The standard InChI is InChI=1S/C19H37N5O/c1-3-20-19(22-17-10-11-18(25)23(2)16-17)21-12-6-4-7-13-24-14-8-5-9-15-24/h17H,3-16H2,1-2H3,(H2,20,21,22). The van der Waals surface area contributed by atoms with Crippen molar-refractivity contribution in [2.24, 2.45) is 4.99 Å². The van der Waals surface area contributed by atoms with Gasteiger partial charge in [0.15, 0.2) is 5.96 Å². The molecule has 0 aromatic carbocycles. The molecule has 2 aliphatic rings. The Morgan fingerprint density at radius 1 is 1.20 bits per heavy atom. The number of nitrogens with one attached hydrogen (secondary N) is 2. The van der Waals surface area contributed by atoms with Gasteiger partial charge in [0, 0.05) is 39.1 Å². The molecule has 1 unspecified atom stereocenters. The normalized spacial score (nSPS) is 23.0. The first-order chi connectivity index (χ1) is 12.2. The van der Waals surface area contributed by atoms with Gasteiger partial charge in [-0.25, -0.2) is 0 Å². The molecule has 2 saturated heterocycles. The number of likely N-dealkylation sites (N-methyl/N-ethyl adjacent to an activating group) is 1. The molecular weight excluding hydrogens is 314 g/mol. The molecule has 2 heterocycles. The van der Waals surface area contributed by atoms with Gasteiger partial charge in [0.2, 0.25) is 5.91 Å². The molecule has 0 spiro atoms. The molecular formula is C19H37N5O. The highest BCUT2D eigenvalue weighted by atomic mass is 16.2. The maximum Gasteiger partial charge on any atom is 0.222 e. The van der Waals surface area contributed by atoms with E-state index >= 15 is 0 Å². The van der Waals surface area contributed by atoms with Crippen LogP contribution in [0.2, 0.25) is 0 Å². The van der Waals surface area contributed by atoms with Crippen LogP contribution < -0.4 is 10.6 Å². The molecule has 144 valence electrons. The number of rotatable bonds is 8. The first-order valence-electron chi connectivity index (χ1n) is 10.2. The molecule has 0 saturated carbocycles. The highest BCUT2D eigenvalue weighted by molar-refractivity contribution is 5.81. The number of amides is 1. The number of hydrogen-bond acceptors (Lipinski definition) is 3. The minimum absolute atomic E-state index is 0.244. The lowest BCUT2D eigenvalue weighted by Crippen LogP contribution is -2.51. The fourth-order valence-electron chi connectivity index (χ4n) is 3.64. The van der Waals surface area contributed by atoms with Crippen molar-refractivity contribution in [3.05, 3.63) is 0 Å². The molecule has 6 nitrogen and oxygen atoms in total. The van der Waals surface area contributed by atoms with Crippen LogP contribution in [0.4, 0.5) is 0 Å². The first-order valence-corrected chi connectivity index (χ1v) is 10.2. The minimum Gasteiger partial charge on any atom is -0.357 e. The van der Waals surface area contributed by atoms with Crippen LogP contribution in [0.25, 0.3) is 0 Å². The van der Waals surface area contributed by atoms with Crippen LogP contribution in [0.5, 0.6) is 0 Å². The van der Waals surface area contributed by atoms with Crippen molar-refractivity contribution in [1.82, 2.24) is 20.4 Å². The van der Waals surface area contributed by atoms with Crippen LogP contribution in [-0.4, -0.2) is 74.0 Å². The second-order valence-corrected chi connectivity index (χ2v) is 7.38. The summed E-state index contributed by atoms with van der Waals surface area (Å²) >= 11 is 0. The van der Waals surface area contributed by atoms with Crippen LogP contribution in [-0.2, 0) is 4.79 Å². The number of piperidine rings is 2. The number of aliphatic imine (C=N–C) groups is 1. The molecule has 0 bridgehead atoms. The van der Waals surface area contributed by atoms with Gasteiger partial charge in [0.05, 0.1) is 0 Å². The topological polar surface area (TPSA) is 60.0 Å². The number of unbranched alkanes of at least 4 members (excludes halogenated alkanes) is 2. The summed E-state index contributed by atoms with van der Waals surface area (Å²) in [6.07, 6.45) is 9.38. The molecule has 25 heavy (non-hydrogen) atoms. The zero-order valence-corrected chi connectivity index (χ0v) is 16.2. The van der Waals surface area contributed by atoms with Crippen LogP contribution >= 0.6 is 0 Å². The maximum atomic E-state index is 11.6. The van der Waals surface area contributed by atoms with Gasteiger partial charge in [-0.05, 0) is 58.7 Å². The van der Waals surface area contributed by atoms with Crippen LogP contribution in [0.15, 0.2) is 4.99 Å². The van der Waals surface area contributed by atoms with Gasteiger partial charge in [-0.1, -0.05) is 12.8 Å². The number of carbonyl (C=O) groups excluding carboxylic acids is 1. The van der Waals surface area contributed by atoms with Gasteiger partial charge in [0.1, 0.15) is 0 Å². The fraction of sp³-hybridized carbons (Fsp3) is 0.895. The SMILES string of the molecule is CCNC(=NCCCCCN1CCCCC1)NC1CCC(=O)N(C)C1. The summed E-state index contributed by atoms with van der Waals surface area (Å²) in [6, 6.07) is 0.305. The minimum atomic E-state index is 0.244. The van der Waals surface area contributed by atoms with Gasteiger partial charge < -0.3 is 20.4 Å². The summed E-state index contributed by atoms with van der Waals surface area (Å²) in [6.45, 7) is 8.44. The number of nitrogens with zero attached hydrogens (tertiary/aromatic N) is 3. The van der Waals surface area contributed by atoms with Gasteiger partial charge in [-0.15, -0.1) is 0 Å². The van der Waals surface area contributed by atoms with E-state index in [1.54, 1.807) is 0 Å². The second kappa shape index (κ2) is 11.3. The summed E-state index contributed by atoms with van der Waals surface area (Å²) in [7, 11) is 1.88. The Labute approximate surface area is 153 Å². The zero-order valence-electron chi connectivity index (χ0n) is 16.2. The third kappa shape index (κ3) is 7.63. The predicted molar refractivity (Wildman–Crippen MR) is 104 cm³/mol. The van der Waals surface area contributed by atoms with Crippen molar-refractivity contribution < 1.29 is 4.79 Å². The van der Waals surface area contributed by atoms with Crippen molar-refractivity contribution in [3.63, 3.8) is 0 Å². The summed E-state index contributed by atoms with van der Waals surface area (Å²) in [4.78, 5) is 20.7. The van der Waals surface area contributed by atoms with E-state index in [4.69, 9.17) is 4.99 Å². The molecule has 6 heteroatoms. The Morgan fingerprint density at radius 2 is 2.00 bits per heavy atom. The van der Waals surface area contributed by atoms with E-state index in [0.717, 1.165) is 38.4 Å². The summed E-state index contributed by atoms with van der Waals surface area (Å²) in [5.74, 6) is 1.14. The van der Waals surface area contributed by atoms with E-state index in [0.29, 0.717) is 12.5 Å². The lowest BCUT2D eigenvalue weighted by molar-refractivity contribution is -0.132. The molecule has 1 amide bonds. The van der Waals surface area contributed by atoms with E-state index in [1.165, 1.54) is 51.7 Å². The van der Waals surface area contributed by atoms with E-state index in [2.05, 4.69) is 22.5 Å². The van der Waals surface area contributed by atoms with Crippen molar-refractivity contribution in [3.8, 4) is 0 Å². The van der Waals surface area contributed by atoms with Crippen LogP contribution in [0.1, 0.15) is 58.3 Å². The molecule has 1 atom stereocenters. The Kier molecular flexibility index (Phi) is 9.08. The summed E-state index contributed by atoms with van der Waals surface area (Å²) in [5.41, 5.74) is 0. The summed E-state index contributed by atoms with van der Waals surface area (Å²) in [5, 5.41) is 6.81. The van der Waals surface area contributed by atoms with Gasteiger partial charge in [-0.3, -0.25) is 9.79 Å². The van der Waals surface area contributed by atoms with Gasteiger partial charge >= 0.3 is 0 Å². The van der Waals surface area contributed by atoms with E-state index in [-0.39, 0.29) is 5.91 Å². The van der Waals surface area contributed by atoms with E-state index in [9.17, 15) is 4.79 Å². The molecule has 0 aliphatic carbocycles. The first kappa shape index (κ1) is 20.0. The molecule has 0 aromatic heterocycles. The predicted octanol–water partition coefficient (Wildman–Crippen LogP) is 1.82. The van der Waals surface area contributed by atoms with Crippen molar-refractivity contribution in [2.45, 2.75) is 64.3 Å². The lowest BCUT2D eigenvalue weighted by Gasteiger charge is -2.31. The Hall–Kier alpha value is -1.30. The average Bonchev–Trinajstić information content (AvgIpc) is 2.62. The number of likely N-dealkylation sites (tertiary alicyclic amines) is 2. The van der Waals surface area contributed by atoms with Crippen molar-refractivity contribution in [2.75, 3.05) is 46.3 Å². The quantitative estimate of drug-likeness (QED) is 0.398. The highest BCUT2D eigenvalue weighted by Gasteiger charge is 2.23. The van der Waals surface area contributed by atoms with Crippen LogP contribution in [0.3, 0.4) is 0 Å². The molecule has 0 radical (unpaired) electrons. The molecule has 2 N–H and O–H groups in total. The van der Waals surface area contributed by atoms with Gasteiger partial charge in [-0.2, -0.15) is 0 Å². The fourth-order valence-corrected chi connectivity index (χ4v) is 3.64. The molecule has 0 aromatic rings. The Bertz CT molecular complexity index is 420.